The zero-order valence-electron chi connectivity index (χ0n) is 11.2. The molecule has 98 valence electrons. The summed E-state index contributed by atoms with van der Waals surface area (Å²) >= 11 is 1.70. The molecule has 4 heteroatoms. The molecule has 3 nitrogen and oxygen atoms in total. The smallest absolute Gasteiger partial charge is 0.194 e. The summed E-state index contributed by atoms with van der Waals surface area (Å²) in [7, 11) is 0. The van der Waals surface area contributed by atoms with Crippen LogP contribution in [-0.4, -0.2) is 9.38 Å². The lowest BCUT2D eigenvalue weighted by atomic mass is 10.1. The van der Waals surface area contributed by atoms with E-state index in [0.717, 1.165) is 28.3 Å². The van der Waals surface area contributed by atoms with Crippen LogP contribution in [0.15, 0.2) is 30.5 Å². The predicted octanol–water partition coefficient (Wildman–Crippen LogP) is 3.39. The topological polar surface area (TPSA) is 43.3 Å². The fourth-order valence-electron chi connectivity index (χ4n) is 2.33. The second kappa shape index (κ2) is 4.79. The van der Waals surface area contributed by atoms with E-state index in [-0.39, 0.29) is 0 Å². The fraction of sp³-hybridized carbons (Fsp3) is 0.267. The molecular weight excluding hydrogens is 254 g/mol. The van der Waals surface area contributed by atoms with Crippen molar-refractivity contribution in [3.63, 3.8) is 0 Å². The molecule has 0 radical (unpaired) electrons. The fourth-order valence-corrected chi connectivity index (χ4v) is 3.17. The molecule has 2 heterocycles. The van der Waals surface area contributed by atoms with Crippen LogP contribution in [0, 0.1) is 6.92 Å². The molecule has 0 amide bonds. The van der Waals surface area contributed by atoms with Gasteiger partial charge in [-0.05, 0) is 18.9 Å². The summed E-state index contributed by atoms with van der Waals surface area (Å²) in [5, 5.41) is 0. The van der Waals surface area contributed by atoms with Crippen LogP contribution in [0.2, 0.25) is 0 Å². The summed E-state index contributed by atoms with van der Waals surface area (Å²) in [5.41, 5.74) is 10.5. The van der Waals surface area contributed by atoms with Gasteiger partial charge in [0, 0.05) is 23.2 Å². The number of aromatic nitrogens is 2. The van der Waals surface area contributed by atoms with E-state index in [2.05, 4.69) is 48.7 Å². The first-order valence-corrected chi connectivity index (χ1v) is 7.31. The highest BCUT2D eigenvalue weighted by Crippen LogP contribution is 2.28. The maximum Gasteiger partial charge on any atom is 0.194 e. The molecular formula is C15H17N3S. The van der Waals surface area contributed by atoms with Gasteiger partial charge in [-0.2, -0.15) is 0 Å². The van der Waals surface area contributed by atoms with Crippen LogP contribution in [0.1, 0.15) is 23.1 Å². The van der Waals surface area contributed by atoms with Crippen molar-refractivity contribution in [2.24, 2.45) is 5.73 Å². The van der Waals surface area contributed by atoms with Crippen LogP contribution < -0.4 is 5.73 Å². The maximum absolute atomic E-state index is 5.91. The van der Waals surface area contributed by atoms with Crippen molar-refractivity contribution in [3.8, 4) is 11.3 Å². The Morgan fingerprint density at radius 2 is 2.00 bits per heavy atom. The average molecular weight is 271 g/mol. The number of hydrogen-bond donors (Lipinski definition) is 1. The molecule has 2 aromatic heterocycles. The molecule has 0 fully saturated rings. The molecule has 3 aromatic rings. The first-order valence-electron chi connectivity index (χ1n) is 6.49. The minimum atomic E-state index is 0.502. The van der Waals surface area contributed by atoms with E-state index in [1.807, 2.05) is 0 Å². The van der Waals surface area contributed by atoms with Gasteiger partial charge in [0.2, 0.25) is 0 Å². The summed E-state index contributed by atoms with van der Waals surface area (Å²) in [6.07, 6.45) is 3.17. The highest BCUT2D eigenvalue weighted by atomic mass is 32.1. The van der Waals surface area contributed by atoms with Crippen molar-refractivity contribution in [2.45, 2.75) is 26.8 Å². The summed E-state index contributed by atoms with van der Waals surface area (Å²) < 4.78 is 2.11. The molecule has 19 heavy (non-hydrogen) atoms. The Labute approximate surface area is 116 Å². The van der Waals surface area contributed by atoms with Gasteiger partial charge in [-0.25, -0.2) is 4.98 Å². The van der Waals surface area contributed by atoms with Crippen molar-refractivity contribution >= 4 is 16.3 Å². The van der Waals surface area contributed by atoms with Crippen molar-refractivity contribution in [2.75, 3.05) is 0 Å². The third-order valence-electron chi connectivity index (χ3n) is 3.37. The van der Waals surface area contributed by atoms with Gasteiger partial charge in [0.15, 0.2) is 4.96 Å². The zero-order valence-corrected chi connectivity index (χ0v) is 12.0. The van der Waals surface area contributed by atoms with Gasteiger partial charge in [-0.1, -0.05) is 31.2 Å². The first-order chi connectivity index (χ1) is 9.22. The molecule has 2 N–H and O–H groups in total. The van der Waals surface area contributed by atoms with Gasteiger partial charge in [-0.3, -0.25) is 4.40 Å². The lowest BCUT2D eigenvalue weighted by Gasteiger charge is -2.03. The Hall–Kier alpha value is -1.65. The lowest BCUT2D eigenvalue weighted by molar-refractivity contribution is 0.967. The summed E-state index contributed by atoms with van der Waals surface area (Å²) in [6, 6.07) is 8.59. The summed E-state index contributed by atoms with van der Waals surface area (Å²) in [5.74, 6) is 0. The minimum absolute atomic E-state index is 0.502. The average Bonchev–Trinajstić information content (AvgIpc) is 2.94. The number of rotatable bonds is 3. The number of nitrogens with zero attached hydrogens (tertiary/aromatic N) is 2. The minimum Gasteiger partial charge on any atom is -0.325 e. The maximum atomic E-state index is 5.91. The van der Waals surface area contributed by atoms with Gasteiger partial charge in [0.25, 0.3) is 0 Å². The molecule has 0 aliphatic rings. The quantitative estimate of drug-likeness (QED) is 0.793. The molecule has 3 rings (SSSR count). The van der Waals surface area contributed by atoms with Gasteiger partial charge in [-0.15, -0.1) is 11.3 Å². The van der Waals surface area contributed by atoms with Gasteiger partial charge in [0.1, 0.15) is 0 Å². The zero-order chi connectivity index (χ0) is 13.4. The van der Waals surface area contributed by atoms with Crippen LogP contribution in [0.3, 0.4) is 0 Å². The van der Waals surface area contributed by atoms with Gasteiger partial charge >= 0.3 is 0 Å². The normalized spacial score (nSPS) is 11.3. The van der Waals surface area contributed by atoms with Crippen LogP contribution in [0.5, 0.6) is 0 Å². The van der Waals surface area contributed by atoms with Crippen molar-refractivity contribution in [3.05, 3.63) is 46.6 Å². The molecule has 0 spiro atoms. The third kappa shape index (κ3) is 2.07. The van der Waals surface area contributed by atoms with E-state index < -0.39 is 0 Å². The van der Waals surface area contributed by atoms with E-state index >= 15 is 0 Å². The molecule has 0 aliphatic heterocycles. The molecule has 0 saturated carbocycles. The number of fused-ring (bicyclic) bond motifs is 1. The Bertz CT molecular complexity index is 707. The van der Waals surface area contributed by atoms with E-state index in [4.69, 9.17) is 10.7 Å². The monoisotopic (exact) mass is 271 g/mol. The first kappa shape index (κ1) is 12.4. The predicted molar refractivity (Wildman–Crippen MR) is 80.5 cm³/mol. The molecule has 0 aliphatic carbocycles. The molecule has 1 aromatic carbocycles. The van der Waals surface area contributed by atoms with Crippen LogP contribution >= 0.6 is 11.3 Å². The van der Waals surface area contributed by atoms with E-state index in [0.29, 0.717) is 6.54 Å². The highest BCUT2D eigenvalue weighted by Gasteiger charge is 2.14. The van der Waals surface area contributed by atoms with Crippen molar-refractivity contribution < 1.29 is 0 Å². The lowest BCUT2D eigenvalue weighted by Crippen LogP contribution is -2.01. The van der Waals surface area contributed by atoms with Crippen LogP contribution in [0.25, 0.3) is 16.2 Å². The Morgan fingerprint density at radius 1 is 1.26 bits per heavy atom. The van der Waals surface area contributed by atoms with Gasteiger partial charge < -0.3 is 5.73 Å². The second-order valence-corrected chi connectivity index (χ2v) is 5.87. The number of nitrogens with two attached hydrogens (primary N) is 1. The molecule has 0 unspecified atom stereocenters. The third-order valence-corrected chi connectivity index (χ3v) is 4.27. The number of hydrogen-bond acceptors (Lipinski definition) is 3. The van der Waals surface area contributed by atoms with Crippen LogP contribution in [0.4, 0.5) is 0 Å². The van der Waals surface area contributed by atoms with E-state index in [1.165, 1.54) is 10.4 Å². The largest absolute Gasteiger partial charge is 0.325 e. The molecule has 0 bridgehead atoms. The Balaban J connectivity index is 2.14. The van der Waals surface area contributed by atoms with Crippen molar-refractivity contribution in [1.29, 1.82) is 0 Å². The van der Waals surface area contributed by atoms with Crippen LogP contribution in [-0.2, 0) is 13.0 Å². The summed E-state index contributed by atoms with van der Waals surface area (Å²) in [6.45, 7) is 4.76. The Morgan fingerprint density at radius 3 is 2.63 bits per heavy atom. The number of thiazole rings is 1. The highest BCUT2D eigenvalue weighted by molar-refractivity contribution is 7.17. The summed E-state index contributed by atoms with van der Waals surface area (Å²) in [4.78, 5) is 7.01. The second-order valence-electron chi connectivity index (χ2n) is 4.66. The molecule has 0 saturated heterocycles. The standard InChI is InChI=1S/C15H17N3S/c1-3-11-4-6-12(7-5-11)14-13(8-16)18-9-10(2)19-15(18)17-14/h4-7,9H,3,8,16H2,1-2H3. The number of benzene rings is 1. The Kier molecular flexibility index (Phi) is 3.12. The van der Waals surface area contributed by atoms with Crippen molar-refractivity contribution in [1.82, 2.24) is 9.38 Å². The molecule has 0 atom stereocenters. The van der Waals surface area contributed by atoms with E-state index in [1.54, 1.807) is 11.3 Å². The SMILES string of the molecule is CCc1ccc(-c2nc3sc(C)cn3c2CN)cc1. The van der Waals surface area contributed by atoms with E-state index in [9.17, 15) is 0 Å². The number of aryl methyl sites for hydroxylation is 2. The number of imidazole rings is 1. The van der Waals surface area contributed by atoms with Gasteiger partial charge in [0.05, 0.1) is 11.4 Å².